The maximum Gasteiger partial charge on any atom is 0.338 e. The van der Waals surface area contributed by atoms with Crippen LogP contribution in [-0.2, 0) is 22.7 Å². The Morgan fingerprint density at radius 3 is 1.43 bits per heavy atom. The standard InChI is InChI=1S/C20H22N4O6/c1-11(2)17-21-15(29-23-17)9-27-19(25)13-5-7-14(8-6-13)20(26)28-10-16-22-18(12(3)4)24-30-16/h5-8,11-12H,9-10H2,1-4H3. The molecule has 30 heavy (non-hydrogen) atoms. The van der Waals surface area contributed by atoms with Gasteiger partial charge in [-0.25, -0.2) is 9.59 Å². The normalized spacial score (nSPS) is 11.1. The van der Waals surface area contributed by atoms with E-state index in [0.717, 1.165) is 0 Å². The van der Waals surface area contributed by atoms with E-state index in [1.807, 2.05) is 27.7 Å². The van der Waals surface area contributed by atoms with Gasteiger partial charge < -0.3 is 18.5 Å². The highest BCUT2D eigenvalue weighted by molar-refractivity contribution is 5.93. The molecule has 0 fully saturated rings. The third-order valence-electron chi connectivity index (χ3n) is 4.01. The monoisotopic (exact) mass is 414 g/mol. The molecule has 2 heterocycles. The van der Waals surface area contributed by atoms with E-state index in [0.29, 0.717) is 11.6 Å². The Morgan fingerprint density at radius 1 is 0.767 bits per heavy atom. The van der Waals surface area contributed by atoms with Gasteiger partial charge >= 0.3 is 11.9 Å². The van der Waals surface area contributed by atoms with Crippen molar-refractivity contribution in [3.05, 3.63) is 58.8 Å². The molecule has 0 aliphatic heterocycles. The fraction of sp³-hybridized carbons (Fsp3) is 0.400. The number of aromatic nitrogens is 4. The van der Waals surface area contributed by atoms with Crippen molar-refractivity contribution in [3.8, 4) is 0 Å². The molecule has 0 spiro atoms. The van der Waals surface area contributed by atoms with Crippen LogP contribution in [0.5, 0.6) is 0 Å². The maximum absolute atomic E-state index is 12.2. The van der Waals surface area contributed by atoms with Crippen molar-refractivity contribution < 1.29 is 28.1 Å². The van der Waals surface area contributed by atoms with Crippen molar-refractivity contribution in [2.24, 2.45) is 0 Å². The molecular formula is C20H22N4O6. The van der Waals surface area contributed by atoms with Crippen LogP contribution in [0.2, 0.25) is 0 Å². The molecule has 3 rings (SSSR count). The molecule has 0 unspecified atom stereocenters. The average molecular weight is 414 g/mol. The number of hydrogen-bond acceptors (Lipinski definition) is 10. The van der Waals surface area contributed by atoms with Crippen LogP contribution in [0.1, 0.15) is 83.7 Å². The van der Waals surface area contributed by atoms with Crippen LogP contribution in [0, 0.1) is 0 Å². The van der Waals surface area contributed by atoms with Crippen LogP contribution in [0.15, 0.2) is 33.3 Å². The van der Waals surface area contributed by atoms with Gasteiger partial charge in [0.15, 0.2) is 24.9 Å². The van der Waals surface area contributed by atoms with Crippen LogP contribution < -0.4 is 0 Å². The fourth-order valence-corrected chi connectivity index (χ4v) is 2.29. The van der Waals surface area contributed by atoms with Gasteiger partial charge in [0.2, 0.25) is 0 Å². The topological polar surface area (TPSA) is 130 Å². The predicted molar refractivity (Wildman–Crippen MR) is 101 cm³/mol. The Balaban J connectivity index is 1.51. The summed E-state index contributed by atoms with van der Waals surface area (Å²) in [6.45, 7) is 7.45. The summed E-state index contributed by atoms with van der Waals surface area (Å²) in [5.74, 6) is 0.597. The maximum atomic E-state index is 12.2. The van der Waals surface area contributed by atoms with Crippen LogP contribution in [0.4, 0.5) is 0 Å². The molecule has 3 aromatic rings. The Hall–Kier alpha value is -3.56. The number of esters is 2. The lowest BCUT2D eigenvalue weighted by molar-refractivity contribution is 0.0417. The van der Waals surface area contributed by atoms with Crippen molar-refractivity contribution in [3.63, 3.8) is 0 Å². The molecule has 0 radical (unpaired) electrons. The summed E-state index contributed by atoms with van der Waals surface area (Å²) < 4.78 is 20.4. The zero-order valence-corrected chi connectivity index (χ0v) is 17.1. The van der Waals surface area contributed by atoms with E-state index in [2.05, 4.69) is 20.3 Å². The molecule has 10 heteroatoms. The van der Waals surface area contributed by atoms with Gasteiger partial charge in [-0.2, -0.15) is 9.97 Å². The Bertz CT molecular complexity index is 925. The molecule has 158 valence electrons. The van der Waals surface area contributed by atoms with Crippen LogP contribution in [-0.4, -0.2) is 32.2 Å². The first-order chi connectivity index (χ1) is 14.3. The molecule has 2 aromatic heterocycles. The molecule has 0 saturated heterocycles. The predicted octanol–water partition coefficient (Wildman–Crippen LogP) is 3.41. The second-order valence-corrected chi connectivity index (χ2v) is 7.13. The molecule has 0 aliphatic carbocycles. The molecule has 1 aromatic carbocycles. The van der Waals surface area contributed by atoms with Crippen molar-refractivity contribution in [2.75, 3.05) is 0 Å². The van der Waals surface area contributed by atoms with Gasteiger partial charge in [0.1, 0.15) is 0 Å². The first-order valence-corrected chi connectivity index (χ1v) is 9.42. The summed E-state index contributed by atoms with van der Waals surface area (Å²) >= 11 is 0. The van der Waals surface area contributed by atoms with E-state index < -0.39 is 11.9 Å². The SMILES string of the molecule is CC(C)c1noc(COC(=O)c2ccc(C(=O)OCc3nc(C(C)C)no3)cc2)n1. The van der Waals surface area contributed by atoms with Crippen molar-refractivity contribution in [1.82, 2.24) is 20.3 Å². The van der Waals surface area contributed by atoms with Crippen molar-refractivity contribution >= 4 is 11.9 Å². The Labute approximate surface area is 172 Å². The minimum absolute atomic E-state index is 0.114. The van der Waals surface area contributed by atoms with Gasteiger partial charge in [-0.05, 0) is 24.3 Å². The minimum atomic E-state index is -0.578. The number of ether oxygens (including phenoxy) is 2. The van der Waals surface area contributed by atoms with E-state index in [1.165, 1.54) is 24.3 Å². The van der Waals surface area contributed by atoms with Crippen LogP contribution >= 0.6 is 0 Å². The summed E-state index contributed by atoms with van der Waals surface area (Å²) in [6.07, 6.45) is 0. The van der Waals surface area contributed by atoms with E-state index >= 15 is 0 Å². The van der Waals surface area contributed by atoms with Crippen LogP contribution in [0.3, 0.4) is 0 Å². The van der Waals surface area contributed by atoms with Gasteiger partial charge in [0.05, 0.1) is 11.1 Å². The molecule has 0 aliphatic rings. The summed E-state index contributed by atoms with van der Waals surface area (Å²) in [5.41, 5.74) is 0.544. The van der Waals surface area contributed by atoms with E-state index in [4.69, 9.17) is 18.5 Å². The van der Waals surface area contributed by atoms with E-state index in [-0.39, 0.29) is 48.0 Å². The lowest BCUT2D eigenvalue weighted by Gasteiger charge is -2.04. The highest BCUT2D eigenvalue weighted by Gasteiger charge is 2.16. The molecule has 0 saturated carbocycles. The summed E-state index contributed by atoms with van der Waals surface area (Å²) in [4.78, 5) is 32.6. The largest absolute Gasteiger partial charge is 0.452 e. The number of carbonyl (C=O) groups excluding carboxylic acids is 2. The van der Waals surface area contributed by atoms with Gasteiger partial charge in [-0.1, -0.05) is 38.0 Å². The molecule has 0 atom stereocenters. The number of benzene rings is 1. The molecule has 0 N–H and O–H groups in total. The zero-order chi connectivity index (χ0) is 21.7. The smallest absolute Gasteiger partial charge is 0.338 e. The summed E-state index contributed by atoms with van der Waals surface area (Å²) in [5, 5.41) is 7.61. The van der Waals surface area contributed by atoms with Crippen LogP contribution in [0.25, 0.3) is 0 Å². The average Bonchev–Trinajstić information content (AvgIpc) is 3.40. The molecule has 0 amide bonds. The van der Waals surface area contributed by atoms with Crippen molar-refractivity contribution in [1.29, 1.82) is 0 Å². The fourth-order valence-electron chi connectivity index (χ4n) is 2.29. The molecule has 0 bridgehead atoms. The summed E-state index contributed by atoms with van der Waals surface area (Å²) in [7, 11) is 0. The van der Waals surface area contributed by atoms with Gasteiger partial charge in [0.25, 0.3) is 11.8 Å². The third-order valence-corrected chi connectivity index (χ3v) is 4.01. The van der Waals surface area contributed by atoms with E-state index in [9.17, 15) is 9.59 Å². The minimum Gasteiger partial charge on any atom is -0.452 e. The number of nitrogens with zero attached hydrogens (tertiary/aromatic N) is 4. The van der Waals surface area contributed by atoms with Gasteiger partial charge in [-0.3, -0.25) is 0 Å². The van der Waals surface area contributed by atoms with Gasteiger partial charge in [-0.15, -0.1) is 0 Å². The molecular weight excluding hydrogens is 392 g/mol. The quantitative estimate of drug-likeness (QED) is 0.505. The highest BCUT2D eigenvalue weighted by atomic mass is 16.6. The van der Waals surface area contributed by atoms with Gasteiger partial charge in [0, 0.05) is 11.8 Å². The lowest BCUT2D eigenvalue weighted by atomic mass is 10.1. The second-order valence-electron chi connectivity index (χ2n) is 7.13. The second kappa shape index (κ2) is 9.29. The number of rotatable bonds is 8. The van der Waals surface area contributed by atoms with Crippen molar-refractivity contribution in [2.45, 2.75) is 52.7 Å². The molecule has 10 nitrogen and oxygen atoms in total. The number of carbonyl (C=O) groups is 2. The first-order valence-electron chi connectivity index (χ1n) is 9.42. The third kappa shape index (κ3) is 5.28. The Kier molecular flexibility index (Phi) is 6.55. The zero-order valence-electron chi connectivity index (χ0n) is 17.1. The number of hydrogen-bond donors (Lipinski definition) is 0. The first kappa shape index (κ1) is 21.2. The lowest BCUT2D eigenvalue weighted by Crippen LogP contribution is -2.08. The Morgan fingerprint density at radius 2 is 1.13 bits per heavy atom. The summed E-state index contributed by atoms with van der Waals surface area (Å²) in [6, 6.07) is 5.87. The van der Waals surface area contributed by atoms with E-state index in [1.54, 1.807) is 0 Å². The highest BCUT2D eigenvalue weighted by Crippen LogP contribution is 2.13.